The average molecular weight is 347 g/mol. The molecule has 130 valence electrons. The summed E-state index contributed by atoms with van der Waals surface area (Å²) >= 11 is 0. The van der Waals surface area contributed by atoms with Crippen LogP contribution >= 0.6 is 0 Å². The van der Waals surface area contributed by atoms with E-state index < -0.39 is 23.5 Å². The number of aliphatic hydroxyl groups is 1. The lowest BCUT2D eigenvalue weighted by molar-refractivity contribution is 0.134. The Kier molecular flexibility index (Phi) is 6.79. The Morgan fingerprint density at radius 1 is 1.00 bits per heavy atom. The fourth-order valence-corrected chi connectivity index (χ4v) is 2.29. The number of nitrogens with one attached hydrogen (secondary N) is 1. The van der Waals surface area contributed by atoms with Crippen LogP contribution in [0.4, 0.5) is 4.79 Å². The fraction of sp³-hybridized carbons (Fsp3) is 0.150. The van der Waals surface area contributed by atoms with Crippen molar-refractivity contribution < 1.29 is 14.6 Å². The van der Waals surface area contributed by atoms with E-state index >= 15 is 0 Å². The highest BCUT2D eigenvalue weighted by Crippen LogP contribution is 2.12. The Labute approximate surface area is 151 Å². The molecule has 0 bridgehead atoms. The monoisotopic (exact) mass is 347 g/mol. The average Bonchev–Trinajstić information content (AvgIpc) is 2.68. The van der Waals surface area contributed by atoms with E-state index in [2.05, 4.69) is 5.32 Å². The second-order valence-electron chi connectivity index (χ2n) is 5.43. The molecule has 0 radical (unpaired) electrons. The molecule has 0 aromatic heterocycles. The smallest absolute Gasteiger partial charge is 0.408 e. The molecule has 0 saturated carbocycles. The first-order chi connectivity index (χ1) is 12.6. The second-order valence-corrected chi connectivity index (χ2v) is 5.43. The fourth-order valence-electron chi connectivity index (χ4n) is 2.29. The molecule has 2 aromatic rings. The van der Waals surface area contributed by atoms with Crippen LogP contribution in [-0.2, 0) is 17.8 Å². The zero-order valence-electron chi connectivity index (χ0n) is 13.9. The van der Waals surface area contributed by atoms with E-state index in [4.69, 9.17) is 15.3 Å². The molecule has 0 heterocycles. The lowest BCUT2D eigenvalue weighted by Crippen LogP contribution is -2.38. The number of benzene rings is 2. The lowest BCUT2D eigenvalue weighted by atomic mass is 10.0. The molecule has 0 aliphatic carbocycles. The van der Waals surface area contributed by atoms with Crippen LogP contribution in [-0.4, -0.2) is 17.2 Å². The van der Waals surface area contributed by atoms with E-state index in [1.54, 1.807) is 12.1 Å². The van der Waals surface area contributed by atoms with Gasteiger partial charge in [0.1, 0.15) is 24.5 Å². The van der Waals surface area contributed by atoms with E-state index in [-0.39, 0.29) is 13.0 Å². The van der Waals surface area contributed by atoms with Crippen molar-refractivity contribution in [3.05, 3.63) is 83.1 Å². The van der Waals surface area contributed by atoms with Gasteiger partial charge in [0, 0.05) is 6.42 Å². The van der Waals surface area contributed by atoms with Crippen molar-refractivity contribution in [1.82, 2.24) is 5.32 Å². The van der Waals surface area contributed by atoms with Gasteiger partial charge in [-0.25, -0.2) is 4.79 Å². The van der Waals surface area contributed by atoms with Crippen LogP contribution in [0.15, 0.2) is 72.0 Å². The molecule has 26 heavy (non-hydrogen) atoms. The molecule has 2 rings (SSSR count). The Balaban J connectivity index is 2.10. The van der Waals surface area contributed by atoms with Gasteiger partial charge in [0.05, 0.1) is 6.04 Å². The number of carbonyl (C=O) groups is 1. The number of hydrogen-bond acceptors (Lipinski definition) is 5. The van der Waals surface area contributed by atoms with Crippen LogP contribution < -0.4 is 5.32 Å². The summed E-state index contributed by atoms with van der Waals surface area (Å²) in [6.45, 7) is 0.0680. The maximum Gasteiger partial charge on any atom is 0.408 e. The molecule has 6 heteroatoms. The highest BCUT2D eigenvalue weighted by atomic mass is 16.5. The molecule has 0 aliphatic heterocycles. The first kappa shape index (κ1) is 18.6. The van der Waals surface area contributed by atoms with Crippen molar-refractivity contribution in [2.75, 3.05) is 0 Å². The van der Waals surface area contributed by atoms with Gasteiger partial charge in [0.25, 0.3) is 0 Å². The summed E-state index contributed by atoms with van der Waals surface area (Å²) in [6, 6.07) is 20.5. The largest absolute Gasteiger partial charge is 0.508 e. The summed E-state index contributed by atoms with van der Waals surface area (Å²) in [4.78, 5) is 12.1. The first-order valence-electron chi connectivity index (χ1n) is 7.88. The van der Waals surface area contributed by atoms with E-state index in [1.807, 2.05) is 60.7 Å². The van der Waals surface area contributed by atoms with Crippen molar-refractivity contribution >= 4 is 6.09 Å². The predicted octanol–water partition coefficient (Wildman–Crippen LogP) is 3.38. The Morgan fingerprint density at radius 3 is 2.08 bits per heavy atom. The number of carbonyl (C=O) groups excluding carboxylic acids is 1. The van der Waals surface area contributed by atoms with Crippen LogP contribution in [0, 0.1) is 22.7 Å². The summed E-state index contributed by atoms with van der Waals surface area (Å²) < 4.78 is 5.14. The maximum absolute atomic E-state index is 12.1. The molecule has 0 spiro atoms. The maximum atomic E-state index is 12.1. The van der Waals surface area contributed by atoms with Crippen molar-refractivity contribution in [3.63, 3.8) is 0 Å². The van der Waals surface area contributed by atoms with Gasteiger partial charge in [0.15, 0.2) is 5.57 Å². The van der Waals surface area contributed by atoms with Crippen LogP contribution in [0.5, 0.6) is 0 Å². The zero-order chi connectivity index (χ0) is 18.8. The van der Waals surface area contributed by atoms with Crippen LogP contribution in [0.3, 0.4) is 0 Å². The standard InChI is InChI=1S/C20H17N3O3/c21-12-17(13-22)19(24)18(11-15-7-3-1-4-8-15)23-20(25)26-14-16-9-5-2-6-10-16/h1-10,18,24H,11,14H2,(H,23,25)/t18-/m0/s1. The minimum atomic E-state index is -0.949. The SMILES string of the molecule is N#CC(C#N)=C(O)[C@H](Cc1ccccc1)NC(=O)OCc1ccccc1. The minimum Gasteiger partial charge on any atom is -0.508 e. The molecule has 2 N–H and O–H groups in total. The quantitative estimate of drug-likeness (QED) is 0.615. The normalized spacial score (nSPS) is 10.7. The van der Waals surface area contributed by atoms with Gasteiger partial charge in [-0.05, 0) is 11.1 Å². The van der Waals surface area contributed by atoms with Gasteiger partial charge >= 0.3 is 6.09 Å². The molecule has 1 amide bonds. The molecule has 1 atom stereocenters. The number of hydrogen-bond donors (Lipinski definition) is 2. The Hall–Kier alpha value is -3.77. The topological polar surface area (TPSA) is 106 Å². The first-order valence-corrected chi connectivity index (χ1v) is 7.88. The molecule has 0 aliphatic rings. The summed E-state index contributed by atoms with van der Waals surface area (Å²) in [7, 11) is 0. The third kappa shape index (κ3) is 5.40. The minimum absolute atomic E-state index is 0.0680. The zero-order valence-corrected chi connectivity index (χ0v) is 13.9. The van der Waals surface area contributed by atoms with Gasteiger partial charge in [-0.1, -0.05) is 60.7 Å². The molecular weight excluding hydrogens is 330 g/mol. The number of alkyl carbamates (subject to hydrolysis) is 1. The van der Waals surface area contributed by atoms with Gasteiger partial charge in [-0.3, -0.25) is 0 Å². The van der Waals surface area contributed by atoms with Gasteiger partial charge in [-0.15, -0.1) is 0 Å². The van der Waals surface area contributed by atoms with Crippen LogP contribution in [0.25, 0.3) is 0 Å². The van der Waals surface area contributed by atoms with Crippen molar-refractivity contribution in [1.29, 1.82) is 10.5 Å². The summed E-state index contributed by atoms with van der Waals surface area (Å²) in [5, 5.41) is 30.7. The number of allylic oxidation sites excluding steroid dienone is 1. The van der Waals surface area contributed by atoms with Crippen molar-refractivity contribution in [2.45, 2.75) is 19.1 Å². The molecule has 2 aromatic carbocycles. The number of ether oxygens (including phenoxy) is 1. The third-order valence-electron chi connectivity index (χ3n) is 3.60. The van der Waals surface area contributed by atoms with Gasteiger partial charge in [0.2, 0.25) is 0 Å². The number of rotatable bonds is 6. The second kappa shape index (κ2) is 9.51. The highest BCUT2D eigenvalue weighted by Gasteiger charge is 2.22. The number of amides is 1. The summed E-state index contributed by atoms with van der Waals surface area (Å²) in [5.41, 5.74) is 1.19. The third-order valence-corrected chi connectivity index (χ3v) is 3.60. The highest BCUT2D eigenvalue weighted by molar-refractivity contribution is 5.68. The number of nitriles is 2. The molecule has 0 unspecified atom stereocenters. The van der Waals surface area contributed by atoms with Gasteiger partial charge in [-0.2, -0.15) is 10.5 Å². The molecular formula is C20H17N3O3. The lowest BCUT2D eigenvalue weighted by Gasteiger charge is -2.18. The number of aliphatic hydroxyl groups excluding tert-OH is 1. The van der Waals surface area contributed by atoms with E-state index in [0.29, 0.717) is 0 Å². The van der Waals surface area contributed by atoms with Gasteiger partial charge < -0.3 is 15.2 Å². The van der Waals surface area contributed by atoms with Crippen molar-refractivity contribution in [3.8, 4) is 12.1 Å². The summed E-state index contributed by atoms with van der Waals surface area (Å²) in [5.74, 6) is -0.490. The number of nitrogens with zero attached hydrogens (tertiary/aromatic N) is 2. The van der Waals surface area contributed by atoms with E-state index in [1.165, 1.54) is 0 Å². The Bertz CT molecular complexity index is 833. The summed E-state index contributed by atoms with van der Waals surface area (Å²) in [6.07, 6.45) is -0.545. The molecule has 6 nitrogen and oxygen atoms in total. The van der Waals surface area contributed by atoms with E-state index in [9.17, 15) is 9.90 Å². The van der Waals surface area contributed by atoms with Crippen LogP contribution in [0.2, 0.25) is 0 Å². The van der Waals surface area contributed by atoms with Crippen molar-refractivity contribution in [2.24, 2.45) is 0 Å². The molecule has 0 fully saturated rings. The van der Waals surface area contributed by atoms with Crippen LogP contribution in [0.1, 0.15) is 11.1 Å². The predicted molar refractivity (Wildman–Crippen MR) is 94.6 cm³/mol. The Morgan fingerprint density at radius 2 is 1.54 bits per heavy atom. The molecule has 0 saturated heterocycles. The van der Waals surface area contributed by atoms with E-state index in [0.717, 1.165) is 11.1 Å².